The van der Waals surface area contributed by atoms with Crippen LogP contribution in [0.15, 0.2) is 0 Å². The third-order valence-electron chi connectivity index (χ3n) is 2.10. The smallest absolute Gasteiger partial charge is 0.316 e. The Kier molecular flexibility index (Phi) is 2.09. The van der Waals surface area contributed by atoms with Gasteiger partial charge in [0.15, 0.2) is 0 Å². The van der Waals surface area contributed by atoms with Crippen molar-refractivity contribution in [3.63, 3.8) is 0 Å². The summed E-state index contributed by atoms with van der Waals surface area (Å²) in [5.74, 6) is 0. The molecule has 0 saturated carbocycles. The Morgan fingerprint density at radius 1 is 1.36 bits per heavy atom. The zero-order valence-electron chi connectivity index (χ0n) is 5.84. The molecule has 0 aromatic rings. The van der Waals surface area contributed by atoms with E-state index in [2.05, 4.69) is 5.32 Å². The van der Waals surface area contributed by atoms with E-state index >= 15 is 0 Å². The molecule has 5 heteroatoms. The largest absolute Gasteiger partial charge is 0.398 e. The van der Waals surface area contributed by atoms with Crippen molar-refractivity contribution >= 4 is 0 Å². The molecular weight excluding hydrogens is 162 g/mol. The van der Waals surface area contributed by atoms with E-state index in [1.54, 1.807) is 0 Å². The molecule has 0 amide bonds. The second-order valence-corrected chi connectivity index (χ2v) is 2.84. The number of halogens is 4. The van der Waals surface area contributed by atoms with Crippen molar-refractivity contribution < 1.29 is 17.6 Å². The minimum absolute atomic E-state index is 0.146. The second-order valence-electron chi connectivity index (χ2n) is 2.84. The van der Waals surface area contributed by atoms with Crippen LogP contribution >= 0.6 is 0 Å². The first-order chi connectivity index (χ1) is 5.02. The fourth-order valence-electron chi connectivity index (χ4n) is 1.18. The van der Waals surface area contributed by atoms with Gasteiger partial charge in [0.25, 0.3) is 0 Å². The normalized spacial score (nSPS) is 32.7. The summed E-state index contributed by atoms with van der Waals surface area (Å²) in [7, 11) is 0. The van der Waals surface area contributed by atoms with Crippen LogP contribution in [0.4, 0.5) is 17.6 Å². The van der Waals surface area contributed by atoms with Gasteiger partial charge in [-0.3, -0.25) is 4.39 Å². The zero-order valence-corrected chi connectivity index (χ0v) is 5.84. The molecule has 1 saturated heterocycles. The van der Waals surface area contributed by atoms with E-state index in [1.165, 1.54) is 0 Å². The molecule has 0 aromatic carbocycles. The highest BCUT2D eigenvalue weighted by atomic mass is 19.4. The minimum atomic E-state index is -4.41. The Balaban J connectivity index is 2.75. The maximum atomic E-state index is 12.1. The molecule has 1 fully saturated rings. The Morgan fingerprint density at radius 2 is 2.00 bits per heavy atom. The molecule has 66 valence electrons. The highest BCUT2D eigenvalue weighted by Gasteiger charge is 2.56. The van der Waals surface area contributed by atoms with Gasteiger partial charge in [-0.1, -0.05) is 0 Å². The van der Waals surface area contributed by atoms with Crippen LogP contribution in [0.3, 0.4) is 0 Å². The number of rotatable bonds is 1. The Morgan fingerprint density at radius 3 is 2.18 bits per heavy atom. The van der Waals surface area contributed by atoms with E-state index in [4.69, 9.17) is 0 Å². The molecule has 0 spiro atoms. The predicted molar refractivity (Wildman–Crippen MR) is 31.9 cm³/mol. The first kappa shape index (κ1) is 8.77. The minimum Gasteiger partial charge on any atom is -0.316 e. The standard InChI is InChI=1S/C6H9F4N/c7-3-5(6(8,9)10)1-2-11-4-5/h11H,1-4H2. The van der Waals surface area contributed by atoms with Crippen molar-refractivity contribution in [1.82, 2.24) is 5.32 Å². The molecule has 1 nitrogen and oxygen atoms in total. The van der Waals surface area contributed by atoms with Crippen molar-refractivity contribution in [3.8, 4) is 0 Å². The number of hydrogen-bond donors (Lipinski definition) is 1. The van der Waals surface area contributed by atoms with Gasteiger partial charge in [-0.05, 0) is 13.0 Å². The van der Waals surface area contributed by atoms with Crippen molar-refractivity contribution in [2.45, 2.75) is 12.6 Å². The maximum Gasteiger partial charge on any atom is 0.398 e. The van der Waals surface area contributed by atoms with Gasteiger partial charge in [-0.2, -0.15) is 13.2 Å². The van der Waals surface area contributed by atoms with Gasteiger partial charge in [0, 0.05) is 6.54 Å². The SMILES string of the molecule is FCC1(C(F)(F)F)CCNC1. The molecular formula is C6H9F4N. The Hall–Kier alpha value is -0.320. The quantitative estimate of drug-likeness (QED) is 0.589. The van der Waals surface area contributed by atoms with Crippen molar-refractivity contribution in [3.05, 3.63) is 0 Å². The zero-order chi connectivity index (χ0) is 8.54. The molecule has 1 rings (SSSR count). The summed E-state index contributed by atoms with van der Waals surface area (Å²) in [4.78, 5) is 0. The lowest BCUT2D eigenvalue weighted by Gasteiger charge is -2.27. The summed E-state index contributed by atoms with van der Waals surface area (Å²) in [6, 6.07) is 0. The van der Waals surface area contributed by atoms with Crippen molar-refractivity contribution in [2.24, 2.45) is 5.41 Å². The molecule has 0 aromatic heterocycles. The first-order valence-electron chi connectivity index (χ1n) is 3.35. The van der Waals surface area contributed by atoms with E-state index in [-0.39, 0.29) is 19.5 Å². The average molecular weight is 171 g/mol. The van der Waals surface area contributed by atoms with Gasteiger partial charge in [0.2, 0.25) is 0 Å². The molecule has 0 bridgehead atoms. The van der Waals surface area contributed by atoms with Gasteiger partial charge in [0.05, 0.1) is 0 Å². The van der Waals surface area contributed by atoms with E-state index < -0.39 is 18.3 Å². The summed E-state index contributed by atoms with van der Waals surface area (Å²) in [5, 5.41) is 2.51. The van der Waals surface area contributed by atoms with Gasteiger partial charge < -0.3 is 5.32 Å². The average Bonchev–Trinajstić information content (AvgIpc) is 2.33. The summed E-state index contributed by atoms with van der Waals surface area (Å²) >= 11 is 0. The summed E-state index contributed by atoms with van der Waals surface area (Å²) in [5.41, 5.74) is -2.10. The van der Waals surface area contributed by atoms with Crippen LogP contribution in [-0.4, -0.2) is 25.9 Å². The first-order valence-corrected chi connectivity index (χ1v) is 3.35. The third-order valence-corrected chi connectivity index (χ3v) is 2.10. The lowest BCUT2D eigenvalue weighted by molar-refractivity contribution is -0.221. The topological polar surface area (TPSA) is 12.0 Å². The van der Waals surface area contributed by atoms with Crippen molar-refractivity contribution in [1.29, 1.82) is 0 Å². The highest BCUT2D eigenvalue weighted by Crippen LogP contribution is 2.42. The fourth-order valence-corrected chi connectivity index (χ4v) is 1.18. The molecule has 1 aliphatic heterocycles. The molecule has 0 radical (unpaired) electrons. The van der Waals surface area contributed by atoms with Crippen LogP contribution in [0.1, 0.15) is 6.42 Å². The van der Waals surface area contributed by atoms with Crippen LogP contribution in [0.25, 0.3) is 0 Å². The fraction of sp³-hybridized carbons (Fsp3) is 1.00. The molecule has 11 heavy (non-hydrogen) atoms. The Bertz CT molecular complexity index is 136. The third kappa shape index (κ3) is 1.34. The van der Waals surface area contributed by atoms with E-state index in [9.17, 15) is 17.6 Å². The van der Waals surface area contributed by atoms with E-state index in [0.717, 1.165) is 0 Å². The molecule has 1 unspecified atom stereocenters. The van der Waals surface area contributed by atoms with E-state index in [1.807, 2.05) is 0 Å². The van der Waals surface area contributed by atoms with Crippen LogP contribution in [0.5, 0.6) is 0 Å². The molecule has 1 N–H and O–H groups in total. The Labute approximate surface area is 61.8 Å². The highest BCUT2D eigenvalue weighted by molar-refractivity contribution is 4.93. The van der Waals surface area contributed by atoms with Crippen LogP contribution in [0.2, 0.25) is 0 Å². The number of nitrogens with one attached hydrogen (secondary N) is 1. The van der Waals surface area contributed by atoms with Crippen molar-refractivity contribution in [2.75, 3.05) is 19.8 Å². The second kappa shape index (κ2) is 2.62. The molecule has 1 heterocycles. The monoisotopic (exact) mass is 171 g/mol. The number of hydrogen-bond acceptors (Lipinski definition) is 1. The van der Waals surface area contributed by atoms with Gasteiger partial charge in [-0.25, -0.2) is 0 Å². The maximum absolute atomic E-state index is 12.1. The van der Waals surface area contributed by atoms with E-state index in [0.29, 0.717) is 0 Å². The number of alkyl halides is 4. The van der Waals surface area contributed by atoms with Crippen LogP contribution < -0.4 is 5.32 Å². The molecule has 0 aliphatic carbocycles. The predicted octanol–water partition coefficient (Wildman–Crippen LogP) is 1.50. The lowest BCUT2D eigenvalue weighted by atomic mass is 9.88. The van der Waals surface area contributed by atoms with Crippen LogP contribution in [-0.2, 0) is 0 Å². The molecule has 1 atom stereocenters. The summed E-state index contributed by atoms with van der Waals surface area (Å²) in [6.45, 7) is -1.35. The van der Waals surface area contributed by atoms with Gasteiger partial charge >= 0.3 is 6.18 Å². The molecule has 1 aliphatic rings. The van der Waals surface area contributed by atoms with Gasteiger partial charge in [-0.15, -0.1) is 0 Å². The summed E-state index contributed by atoms with van der Waals surface area (Å²) < 4.78 is 48.5. The summed E-state index contributed by atoms with van der Waals surface area (Å²) in [6.07, 6.45) is -4.56. The lowest BCUT2D eigenvalue weighted by Crippen LogP contribution is -2.41. The van der Waals surface area contributed by atoms with Gasteiger partial charge in [0.1, 0.15) is 12.1 Å². The van der Waals surface area contributed by atoms with Crippen LogP contribution in [0, 0.1) is 5.41 Å².